The highest BCUT2D eigenvalue weighted by Crippen LogP contribution is 2.20. The maximum Gasteiger partial charge on any atom is 0.379 e. The van der Waals surface area contributed by atoms with E-state index in [-0.39, 0.29) is 17.3 Å². The van der Waals surface area contributed by atoms with Crippen LogP contribution in [0.25, 0.3) is 11.5 Å². The Hall–Kier alpha value is -2.24. The first kappa shape index (κ1) is 10.3. The fourth-order valence-electron chi connectivity index (χ4n) is 1.14. The molecule has 0 N–H and O–H groups in total. The standard InChI is InChI=1S/C10H7FN2O3/c1-15-10(14)8-12-9(16-13-8)6-4-2-3-5-7(6)11/h2-5H,1H3. The molecule has 0 saturated heterocycles. The van der Waals surface area contributed by atoms with E-state index in [1.54, 1.807) is 6.07 Å². The van der Waals surface area contributed by atoms with E-state index in [0.29, 0.717) is 0 Å². The van der Waals surface area contributed by atoms with Gasteiger partial charge in [0.2, 0.25) is 0 Å². The summed E-state index contributed by atoms with van der Waals surface area (Å²) in [6.45, 7) is 0. The van der Waals surface area contributed by atoms with Crippen molar-refractivity contribution in [1.82, 2.24) is 10.1 Å². The zero-order chi connectivity index (χ0) is 11.5. The molecule has 0 aliphatic rings. The highest BCUT2D eigenvalue weighted by molar-refractivity contribution is 5.85. The highest BCUT2D eigenvalue weighted by Gasteiger charge is 2.17. The summed E-state index contributed by atoms with van der Waals surface area (Å²) in [4.78, 5) is 14.8. The summed E-state index contributed by atoms with van der Waals surface area (Å²) in [5.74, 6) is -1.52. The SMILES string of the molecule is COC(=O)c1noc(-c2ccccc2F)n1. The van der Waals surface area contributed by atoms with Crippen molar-refractivity contribution in [2.75, 3.05) is 7.11 Å². The fraction of sp³-hybridized carbons (Fsp3) is 0.100. The van der Waals surface area contributed by atoms with Crippen LogP contribution in [-0.4, -0.2) is 23.2 Å². The lowest BCUT2D eigenvalue weighted by Crippen LogP contribution is -2.03. The summed E-state index contributed by atoms with van der Waals surface area (Å²) >= 11 is 0. The minimum absolute atomic E-state index is 0.0569. The lowest BCUT2D eigenvalue weighted by Gasteiger charge is -1.94. The number of esters is 1. The maximum absolute atomic E-state index is 13.3. The lowest BCUT2D eigenvalue weighted by atomic mass is 10.2. The van der Waals surface area contributed by atoms with Gasteiger partial charge in [-0.15, -0.1) is 0 Å². The number of benzene rings is 1. The van der Waals surface area contributed by atoms with E-state index in [1.165, 1.54) is 25.3 Å². The minimum Gasteiger partial charge on any atom is -0.463 e. The third-order valence-electron chi connectivity index (χ3n) is 1.90. The van der Waals surface area contributed by atoms with Crippen molar-refractivity contribution >= 4 is 5.97 Å². The average Bonchev–Trinajstić information content (AvgIpc) is 2.78. The van der Waals surface area contributed by atoms with Crippen molar-refractivity contribution in [3.05, 3.63) is 35.9 Å². The first-order valence-corrected chi connectivity index (χ1v) is 4.39. The zero-order valence-corrected chi connectivity index (χ0v) is 8.31. The molecule has 0 atom stereocenters. The second kappa shape index (κ2) is 4.09. The Kier molecular flexibility index (Phi) is 2.63. The van der Waals surface area contributed by atoms with Crippen LogP contribution < -0.4 is 0 Å². The van der Waals surface area contributed by atoms with E-state index in [0.717, 1.165) is 0 Å². The number of methoxy groups -OCH3 is 1. The van der Waals surface area contributed by atoms with Gasteiger partial charge in [-0.25, -0.2) is 9.18 Å². The highest BCUT2D eigenvalue weighted by atomic mass is 19.1. The quantitative estimate of drug-likeness (QED) is 0.723. The van der Waals surface area contributed by atoms with Crippen LogP contribution in [0.1, 0.15) is 10.6 Å². The van der Waals surface area contributed by atoms with Gasteiger partial charge in [0.25, 0.3) is 11.7 Å². The molecular formula is C10H7FN2O3. The van der Waals surface area contributed by atoms with E-state index < -0.39 is 11.8 Å². The molecule has 6 heteroatoms. The number of aromatic nitrogens is 2. The predicted molar refractivity (Wildman–Crippen MR) is 51.0 cm³/mol. The summed E-state index contributed by atoms with van der Waals surface area (Å²) in [5.41, 5.74) is 0.144. The first-order chi connectivity index (χ1) is 7.72. The monoisotopic (exact) mass is 222 g/mol. The lowest BCUT2D eigenvalue weighted by molar-refractivity contribution is 0.0583. The van der Waals surface area contributed by atoms with E-state index in [4.69, 9.17) is 4.52 Å². The summed E-state index contributed by atoms with van der Waals surface area (Å²) < 4.78 is 22.5. The average molecular weight is 222 g/mol. The van der Waals surface area contributed by atoms with Gasteiger partial charge in [0.1, 0.15) is 5.82 Å². The number of halogens is 1. The second-order valence-electron chi connectivity index (χ2n) is 2.89. The Morgan fingerprint density at radius 2 is 2.19 bits per heavy atom. The molecule has 1 aromatic heterocycles. The van der Waals surface area contributed by atoms with Crippen molar-refractivity contribution < 1.29 is 18.4 Å². The van der Waals surface area contributed by atoms with Gasteiger partial charge in [-0.3, -0.25) is 0 Å². The molecule has 0 fully saturated rings. The molecule has 0 unspecified atom stereocenters. The molecule has 0 amide bonds. The van der Waals surface area contributed by atoms with Crippen molar-refractivity contribution in [3.8, 4) is 11.5 Å². The normalized spacial score (nSPS) is 10.1. The number of hydrogen-bond acceptors (Lipinski definition) is 5. The Balaban J connectivity index is 2.39. The summed E-state index contributed by atoms with van der Waals surface area (Å²) in [7, 11) is 1.20. The van der Waals surface area contributed by atoms with Crippen molar-refractivity contribution in [2.45, 2.75) is 0 Å². The van der Waals surface area contributed by atoms with Gasteiger partial charge in [0, 0.05) is 0 Å². The van der Waals surface area contributed by atoms with Gasteiger partial charge in [-0.05, 0) is 17.3 Å². The van der Waals surface area contributed by atoms with Crippen molar-refractivity contribution in [3.63, 3.8) is 0 Å². The molecule has 1 aromatic carbocycles. The molecule has 0 saturated carbocycles. The van der Waals surface area contributed by atoms with Crippen LogP contribution in [0.2, 0.25) is 0 Å². The van der Waals surface area contributed by atoms with Crippen LogP contribution >= 0.6 is 0 Å². The fourth-order valence-corrected chi connectivity index (χ4v) is 1.14. The zero-order valence-electron chi connectivity index (χ0n) is 8.31. The number of nitrogens with zero attached hydrogens (tertiary/aromatic N) is 2. The van der Waals surface area contributed by atoms with Gasteiger partial charge in [-0.2, -0.15) is 4.98 Å². The Morgan fingerprint density at radius 3 is 2.88 bits per heavy atom. The molecule has 16 heavy (non-hydrogen) atoms. The molecule has 82 valence electrons. The van der Waals surface area contributed by atoms with Crippen molar-refractivity contribution in [1.29, 1.82) is 0 Å². The molecule has 5 nitrogen and oxygen atoms in total. The maximum atomic E-state index is 13.3. The minimum atomic E-state index is -0.730. The van der Waals surface area contributed by atoms with E-state index in [2.05, 4.69) is 14.9 Å². The molecule has 0 aliphatic carbocycles. The first-order valence-electron chi connectivity index (χ1n) is 4.39. The predicted octanol–water partition coefficient (Wildman–Crippen LogP) is 1.66. The Bertz CT molecular complexity index is 524. The van der Waals surface area contributed by atoms with E-state index >= 15 is 0 Å². The van der Waals surface area contributed by atoms with Gasteiger partial charge >= 0.3 is 5.97 Å². The molecule has 0 aliphatic heterocycles. The summed E-state index contributed by atoms with van der Waals surface area (Å²) in [6.07, 6.45) is 0. The number of hydrogen-bond donors (Lipinski definition) is 0. The van der Waals surface area contributed by atoms with Crippen LogP contribution in [0.4, 0.5) is 4.39 Å². The molecule has 2 aromatic rings. The van der Waals surface area contributed by atoms with Gasteiger partial charge in [0.05, 0.1) is 12.7 Å². The van der Waals surface area contributed by atoms with Crippen LogP contribution in [0.15, 0.2) is 28.8 Å². The topological polar surface area (TPSA) is 65.2 Å². The third-order valence-corrected chi connectivity index (χ3v) is 1.90. The van der Waals surface area contributed by atoms with E-state index in [9.17, 15) is 9.18 Å². The number of rotatable bonds is 2. The van der Waals surface area contributed by atoms with Gasteiger partial charge in [0.15, 0.2) is 0 Å². The largest absolute Gasteiger partial charge is 0.463 e. The van der Waals surface area contributed by atoms with Crippen LogP contribution in [0, 0.1) is 5.82 Å². The summed E-state index contributed by atoms with van der Waals surface area (Å²) in [5, 5.41) is 3.38. The third kappa shape index (κ3) is 1.77. The molecule has 1 heterocycles. The molecule has 0 radical (unpaired) electrons. The number of carbonyl (C=O) groups is 1. The number of carbonyl (C=O) groups excluding carboxylic acids is 1. The second-order valence-corrected chi connectivity index (χ2v) is 2.89. The molecular weight excluding hydrogens is 215 g/mol. The Morgan fingerprint density at radius 1 is 1.44 bits per heavy atom. The van der Waals surface area contributed by atoms with Gasteiger partial charge in [-0.1, -0.05) is 12.1 Å². The van der Waals surface area contributed by atoms with Gasteiger partial charge < -0.3 is 9.26 Å². The molecule has 0 bridgehead atoms. The smallest absolute Gasteiger partial charge is 0.379 e. The van der Waals surface area contributed by atoms with E-state index in [1.807, 2.05) is 0 Å². The molecule has 2 rings (SSSR count). The molecule has 0 spiro atoms. The van der Waals surface area contributed by atoms with Crippen molar-refractivity contribution in [2.24, 2.45) is 0 Å². The Labute approximate surface area is 89.8 Å². The van der Waals surface area contributed by atoms with Crippen LogP contribution in [-0.2, 0) is 4.74 Å². The number of ether oxygens (including phenoxy) is 1. The van der Waals surface area contributed by atoms with Crippen LogP contribution in [0.3, 0.4) is 0 Å². The summed E-state index contributed by atoms with van der Waals surface area (Å²) in [6, 6.07) is 5.90. The van der Waals surface area contributed by atoms with Crippen LogP contribution in [0.5, 0.6) is 0 Å².